The second-order valence-electron chi connectivity index (χ2n) is 9.00. The van der Waals surface area contributed by atoms with Crippen molar-refractivity contribution in [3.63, 3.8) is 0 Å². The topological polar surface area (TPSA) is 177 Å². The molecular weight excluding hydrogens is 647 g/mol. The molecule has 1 fully saturated rings. The van der Waals surface area contributed by atoms with Crippen molar-refractivity contribution in [1.82, 2.24) is 10.6 Å². The molecule has 0 aromatic heterocycles. The van der Waals surface area contributed by atoms with Crippen LogP contribution in [0.5, 0.6) is 5.75 Å². The molecule has 1 aliphatic heterocycles. The third-order valence-electron chi connectivity index (χ3n) is 5.76. The van der Waals surface area contributed by atoms with E-state index >= 15 is 0 Å². The lowest BCUT2D eigenvalue weighted by Gasteiger charge is -2.22. The smallest absolute Gasteiger partial charge is 0.251 e. The Labute approximate surface area is 276 Å². The Morgan fingerprint density at radius 2 is 1.98 bits per heavy atom. The van der Waals surface area contributed by atoms with E-state index in [9.17, 15) is 14.7 Å². The zero-order valence-electron chi connectivity index (χ0n) is 24.9. The van der Waals surface area contributed by atoms with Crippen LogP contribution in [0.25, 0.3) is 0 Å². The average molecular weight is 690 g/mol. The van der Waals surface area contributed by atoms with Gasteiger partial charge in [-0.2, -0.15) is 5.82 Å². The zero-order valence-corrected chi connectivity index (χ0v) is 28.2. The van der Waals surface area contributed by atoms with Gasteiger partial charge in [-0.25, -0.2) is 0 Å². The molecule has 0 spiro atoms. The maximum absolute atomic E-state index is 12.1. The van der Waals surface area contributed by atoms with Crippen LogP contribution in [0.1, 0.15) is 16.8 Å². The number of nitrogens with two attached hydrogens (primary N) is 2. The second kappa shape index (κ2) is 24.0. The van der Waals surface area contributed by atoms with Crippen molar-refractivity contribution in [1.29, 1.82) is 0 Å². The number of amides is 2. The number of carbonyl (C=O) groups is 2. The van der Waals surface area contributed by atoms with Gasteiger partial charge in [0.15, 0.2) is 0 Å². The molecule has 0 bridgehead atoms. The Bertz CT molecular complexity index is 1040. The van der Waals surface area contributed by atoms with Gasteiger partial charge in [-0.1, -0.05) is 55.2 Å². The van der Waals surface area contributed by atoms with Crippen LogP contribution in [-0.4, -0.2) is 125 Å². The van der Waals surface area contributed by atoms with Crippen molar-refractivity contribution in [2.45, 2.75) is 35.5 Å². The van der Waals surface area contributed by atoms with E-state index in [1.54, 1.807) is 53.1 Å². The number of nitrogens with one attached hydrogen (secondary N) is 2. The van der Waals surface area contributed by atoms with Gasteiger partial charge in [0.05, 0.1) is 32.5 Å². The lowest BCUT2D eigenvalue weighted by Crippen LogP contribution is -2.33. The Kier molecular flexibility index (Phi) is 21.2. The predicted molar refractivity (Wildman–Crippen MR) is 181 cm³/mol. The zero-order chi connectivity index (χ0) is 32.0. The first-order chi connectivity index (χ1) is 21.4. The molecule has 1 aromatic carbocycles. The summed E-state index contributed by atoms with van der Waals surface area (Å²) in [7, 11) is 7.85. The van der Waals surface area contributed by atoms with E-state index < -0.39 is 6.10 Å². The van der Waals surface area contributed by atoms with Gasteiger partial charge in [-0.15, -0.1) is 0 Å². The van der Waals surface area contributed by atoms with Crippen LogP contribution in [-0.2, 0) is 23.7 Å². The van der Waals surface area contributed by atoms with E-state index in [-0.39, 0.29) is 74.4 Å². The highest BCUT2D eigenvalue weighted by molar-refractivity contribution is 8.76. The quantitative estimate of drug-likeness (QED) is 0.0378. The molecule has 12 nitrogen and oxygen atoms in total. The van der Waals surface area contributed by atoms with E-state index in [0.29, 0.717) is 37.4 Å². The monoisotopic (exact) mass is 689 g/mol. The fraction of sp³-hybridized carbons (Fsp3) is 0.630. The second-order valence-corrected chi connectivity index (χ2v) is 14.3. The fourth-order valence-corrected chi connectivity index (χ4v) is 6.73. The summed E-state index contributed by atoms with van der Waals surface area (Å²) in [4.78, 5) is 24.2. The van der Waals surface area contributed by atoms with Gasteiger partial charge in [0.1, 0.15) is 35.9 Å². The fourth-order valence-electron chi connectivity index (χ4n) is 3.77. The highest BCUT2D eigenvalue weighted by Gasteiger charge is 2.37. The number of benzene rings is 1. The minimum atomic E-state index is -0.434. The van der Waals surface area contributed by atoms with Gasteiger partial charge >= 0.3 is 0 Å². The number of ether oxygens (including phenoxy) is 5. The van der Waals surface area contributed by atoms with Crippen LogP contribution in [0.3, 0.4) is 0 Å². The molecule has 1 heterocycles. The summed E-state index contributed by atoms with van der Waals surface area (Å²) < 4.78 is 28.9. The summed E-state index contributed by atoms with van der Waals surface area (Å²) in [5.41, 5.74) is 11.2. The molecule has 2 amide bonds. The van der Waals surface area contributed by atoms with Crippen LogP contribution in [0, 0.1) is 11.7 Å². The predicted octanol–water partition coefficient (Wildman–Crippen LogP) is 0.694. The SMILES string of the molecule is CSSC(COc1cccc(C(=O)NCCN)c1)OCCOCC(=O)NCC#C[B][C@H]1C[C@@H](O[C@H](CN)SSC)C(CO)O1. The summed E-state index contributed by atoms with van der Waals surface area (Å²) in [6, 6.07) is 6.62. The van der Waals surface area contributed by atoms with Crippen LogP contribution in [0.15, 0.2) is 24.3 Å². The van der Waals surface area contributed by atoms with E-state index in [4.69, 9.17) is 35.2 Å². The number of hydrogen-bond acceptors (Lipinski definition) is 14. The lowest BCUT2D eigenvalue weighted by atomic mass is 9.71. The van der Waals surface area contributed by atoms with Gasteiger partial charge in [0, 0.05) is 31.2 Å². The van der Waals surface area contributed by atoms with Crippen LogP contribution < -0.4 is 26.8 Å². The third-order valence-corrected chi connectivity index (χ3v) is 9.59. The number of aliphatic hydroxyl groups is 1. The molecule has 0 saturated carbocycles. The Balaban J connectivity index is 1.61. The number of hydrogen-bond donors (Lipinski definition) is 5. The molecule has 44 heavy (non-hydrogen) atoms. The molecule has 1 radical (unpaired) electrons. The Hall–Kier alpha value is -1.30. The van der Waals surface area contributed by atoms with Crippen molar-refractivity contribution in [2.24, 2.45) is 11.5 Å². The van der Waals surface area contributed by atoms with Gasteiger partial charge in [-0.3, -0.25) is 9.59 Å². The number of carbonyl (C=O) groups excluding carboxylic acids is 2. The van der Waals surface area contributed by atoms with Gasteiger partial charge < -0.3 is 50.9 Å². The largest absolute Gasteiger partial charge is 0.490 e. The molecule has 7 N–H and O–H groups in total. The molecule has 2 rings (SSSR count). The van der Waals surface area contributed by atoms with Crippen molar-refractivity contribution in [3.8, 4) is 17.5 Å². The van der Waals surface area contributed by atoms with Gasteiger partial charge in [0.25, 0.3) is 13.2 Å². The summed E-state index contributed by atoms with van der Waals surface area (Å²) in [5, 5.41) is 15.0. The van der Waals surface area contributed by atoms with Crippen molar-refractivity contribution in [2.75, 3.05) is 71.7 Å². The Morgan fingerprint density at radius 1 is 1.18 bits per heavy atom. The molecule has 5 atom stereocenters. The van der Waals surface area contributed by atoms with Crippen molar-refractivity contribution >= 4 is 62.3 Å². The maximum Gasteiger partial charge on any atom is 0.251 e. The Morgan fingerprint density at radius 3 is 2.70 bits per heavy atom. The van der Waals surface area contributed by atoms with Gasteiger partial charge in [0.2, 0.25) is 5.91 Å². The summed E-state index contributed by atoms with van der Waals surface area (Å²) in [6.07, 6.45) is 3.76. The van der Waals surface area contributed by atoms with Crippen molar-refractivity contribution < 1.29 is 38.4 Å². The average Bonchev–Trinajstić information content (AvgIpc) is 3.43. The molecule has 2 unspecified atom stereocenters. The first-order valence-electron chi connectivity index (χ1n) is 13.9. The summed E-state index contributed by atoms with van der Waals surface area (Å²) >= 11 is 0. The molecule has 17 heteroatoms. The van der Waals surface area contributed by atoms with E-state index in [1.165, 1.54) is 21.6 Å². The minimum Gasteiger partial charge on any atom is -0.490 e. The maximum atomic E-state index is 12.1. The first kappa shape index (κ1) is 38.9. The molecule has 0 aliphatic carbocycles. The number of aliphatic hydroxyl groups excluding tert-OH is 1. The third kappa shape index (κ3) is 15.8. The molecule has 245 valence electrons. The van der Waals surface area contributed by atoms with Crippen LogP contribution in [0.4, 0.5) is 0 Å². The minimum absolute atomic E-state index is 0.121. The molecule has 1 saturated heterocycles. The van der Waals surface area contributed by atoms with E-state index in [0.717, 1.165) is 0 Å². The van der Waals surface area contributed by atoms with E-state index in [1.807, 2.05) is 12.5 Å². The normalized spacial score (nSPS) is 19.0. The summed E-state index contributed by atoms with van der Waals surface area (Å²) in [5.74, 6) is 5.81. The number of rotatable bonds is 22. The lowest BCUT2D eigenvalue weighted by molar-refractivity contribution is -0.126. The van der Waals surface area contributed by atoms with Gasteiger partial charge in [-0.05, 0) is 37.1 Å². The highest BCUT2D eigenvalue weighted by Crippen LogP contribution is 2.30. The molecule has 1 aliphatic rings. The van der Waals surface area contributed by atoms with Crippen LogP contribution >= 0.6 is 43.2 Å². The molecular formula is C27H42BN4O8S4. The van der Waals surface area contributed by atoms with E-state index in [2.05, 4.69) is 22.4 Å². The highest BCUT2D eigenvalue weighted by atomic mass is 33.1. The summed E-state index contributed by atoms with van der Waals surface area (Å²) in [6.45, 7) is 1.78. The molecule has 1 aromatic rings. The van der Waals surface area contributed by atoms with Crippen molar-refractivity contribution in [3.05, 3.63) is 29.8 Å². The van der Waals surface area contributed by atoms with Crippen LogP contribution in [0.2, 0.25) is 0 Å². The standard InChI is InChI=1S/C27H42BN4O8S4/c1-41-43-25(15-30)40-21-14-23(39-22(21)16-33)28-7-4-9-31-24(34)17-36-11-12-37-26(44-42-2)18-38-20-6-3-5-19(13-20)27(35)32-10-8-29/h3,5-6,13,21-23,25-26,33H,8-12,14-18,29-30H2,1-2H3,(H,31,34)(H,32,35)/t21-,22?,23-,25+,26?/m1/s1. The first-order valence-corrected chi connectivity index (χ1v) is 19.2.